The van der Waals surface area contributed by atoms with Crippen molar-refractivity contribution < 1.29 is 9.84 Å². The number of methoxy groups -OCH3 is 1. The predicted molar refractivity (Wildman–Crippen MR) is 57.3 cm³/mol. The minimum atomic E-state index is -0.578. The zero-order chi connectivity index (χ0) is 10.7. The largest absolute Gasteiger partial charge is 0.388 e. The van der Waals surface area contributed by atoms with Crippen LogP contribution in [0.1, 0.15) is 38.5 Å². The maximum Gasteiger partial charge on any atom is 0.0858 e. The zero-order valence-corrected chi connectivity index (χ0v) is 9.41. The Bertz CT molecular complexity index is 275. The summed E-state index contributed by atoms with van der Waals surface area (Å²) in [5.41, 5.74) is 5.43. The van der Waals surface area contributed by atoms with Crippen molar-refractivity contribution >= 4 is 0 Å². The molecule has 3 aliphatic rings. The van der Waals surface area contributed by atoms with Gasteiger partial charge in [0.25, 0.3) is 0 Å². The van der Waals surface area contributed by atoms with E-state index in [1.54, 1.807) is 7.11 Å². The third-order valence-corrected chi connectivity index (χ3v) is 5.20. The fourth-order valence-electron chi connectivity index (χ4n) is 4.18. The second kappa shape index (κ2) is 2.96. The van der Waals surface area contributed by atoms with Crippen LogP contribution in [0.5, 0.6) is 0 Å². The molecule has 0 aromatic rings. The van der Waals surface area contributed by atoms with Gasteiger partial charge in [0.1, 0.15) is 0 Å². The van der Waals surface area contributed by atoms with Gasteiger partial charge in [0.15, 0.2) is 0 Å². The lowest BCUT2D eigenvalue weighted by atomic mass is 9.59. The third-order valence-electron chi connectivity index (χ3n) is 5.20. The van der Waals surface area contributed by atoms with Gasteiger partial charge in [-0.05, 0) is 50.4 Å². The molecule has 3 N–H and O–H groups in total. The Balaban J connectivity index is 1.77. The first-order valence-electron chi connectivity index (χ1n) is 6.11. The molecule has 0 heterocycles. The molecule has 0 saturated heterocycles. The molecule has 3 atom stereocenters. The molecule has 3 heteroatoms. The topological polar surface area (TPSA) is 55.5 Å². The molecule has 3 aliphatic carbocycles. The van der Waals surface area contributed by atoms with E-state index in [0.717, 1.165) is 25.2 Å². The quantitative estimate of drug-likeness (QED) is 0.717. The first-order valence-corrected chi connectivity index (χ1v) is 6.11. The Morgan fingerprint density at radius 3 is 2.47 bits per heavy atom. The Morgan fingerprint density at radius 2 is 2.00 bits per heavy atom. The zero-order valence-electron chi connectivity index (χ0n) is 9.41. The number of hydrogen-bond acceptors (Lipinski definition) is 3. The average Bonchev–Trinajstić information content (AvgIpc) is 2.72. The number of aliphatic hydroxyl groups is 1. The van der Waals surface area contributed by atoms with Crippen LogP contribution < -0.4 is 5.73 Å². The molecular formula is C12H21NO2. The van der Waals surface area contributed by atoms with Crippen LogP contribution in [0, 0.1) is 11.8 Å². The Hall–Kier alpha value is -0.120. The second-order valence-electron chi connectivity index (χ2n) is 5.93. The molecule has 2 bridgehead atoms. The van der Waals surface area contributed by atoms with Gasteiger partial charge < -0.3 is 15.6 Å². The van der Waals surface area contributed by atoms with Crippen molar-refractivity contribution in [3.63, 3.8) is 0 Å². The molecule has 0 amide bonds. The molecule has 15 heavy (non-hydrogen) atoms. The molecule has 3 unspecified atom stereocenters. The van der Waals surface area contributed by atoms with Crippen molar-refractivity contribution in [2.45, 2.75) is 55.8 Å². The minimum absolute atomic E-state index is 0.276. The lowest BCUT2D eigenvalue weighted by Gasteiger charge is -2.55. The van der Waals surface area contributed by atoms with E-state index < -0.39 is 5.60 Å². The molecule has 3 saturated carbocycles. The van der Waals surface area contributed by atoms with Crippen LogP contribution in [0.25, 0.3) is 0 Å². The molecule has 3 nitrogen and oxygen atoms in total. The van der Waals surface area contributed by atoms with Crippen LogP contribution in [0.3, 0.4) is 0 Å². The van der Waals surface area contributed by atoms with Crippen LogP contribution in [-0.2, 0) is 4.74 Å². The van der Waals surface area contributed by atoms with Gasteiger partial charge in [0, 0.05) is 12.6 Å². The van der Waals surface area contributed by atoms with Crippen molar-refractivity contribution in [1.29, 1.82) is 0 Å². The summed E-state index contributed by atoms with van der Waals surface area (Å²) >= 11 is 0. The Morgan fingerprint density at radius 1 is 1.27 bits per heavy atom. The monoisotopic (exact) mass is 211 g/mol. The van der Waals surface area contributed by atoms with Crippen molar-refractivity contribution in [3.05, 3.63) is 0 Å². The van der Waals surface area contributed by atoms with Gasteiger partial charge in [0.05, 0.1) is 11.7 Å². The summed E-state index contributed by atoms with van der Waals surface area (Å²) in [6, 6.07) is 0. The molecule has 0 aromatic carbocycles. The van der Waals surface area contributed by atoms with E-state index in [4.69, 9.17) is 10.5 Å². The van der Waals surface area contributed by atoms with Gasteiger partial charge in [-0.15, -0.1) is 0 Å². The van der Waals surface area contributed by atoms with E-state index in [1.165, 1.54) is 19.3 Å². The van der Waals surface area contributed by atoms with Crippen molar-refractivity contribution in [2.24, 2.45) is 17.6 Å². The molecule has 3 rings (SSSR count). The summed E-state index contributed by atoms with van der Waals surface area (Å²) in [5.74, 6) is 1.20. The van der Waals surface area contributed by atoms with Gasteiger partial charge in [-0.2, -0.15) is 0 Å². The van der Waals surface area contributed by atoms with E-state index in [-0.39, 0.29) is 11.6 Å². The molecular weight excluding hydrogens is 190 g/mol. The normalized spacial score (nSPS) is 58.2. The highest BCUT2D eigenvalue weighted by molar-refractivity contribution is 5.19. The second-order valence-corrected chi connectivity index (χ2v) is 5.93. The highest BCUT2D eigenvalue weighted by atomic mass is 16.5. The van der Waals surface area contributed by atoms with E-state index >= 15 is 0 Å². The van der Waals surface area contributed by atoms with Crippen LogP contribution in [0.4, 0.5) is 0 Å². The summed E-state index contributed by atoms with van der Waals surface area (Å²) in [6.45, 7) is 0. The number of fused-ring (bicyclic) bond motifs is 2. The maximum absolute atomic E-state index is 10.8. The first-order chi connectivity index (χ1) is 7.07. The number of rotatable bonds is 2. The molecule has 0 spiro atoms. The van der Waals surface area contributed by atoms with Crippen LogP contribution in [0.2, 0.25) is 0 Å². The fourth-order valence-corrected chi connectivity index (χ4v) is 4.18. The maximum atomic E-state index is 10.8. The number of nitrogens with two attached hydrogens (primary N) is 1. The van der Waals surface area contributed by atoms with Crippen molar-refractivity contribution in [1.82, 2.24) is 0 Å². The summed E-state index contributed by atoms with van der Waals surface area (Å²) in [4.78, 5) is 0. The fraction of sp³-hybridized carbons (Fsp3) is 1.00. The van der Waals surface area contributed by atoms with Crippen LogP contribution in [-0.4, -0.2) is 29.5 Å². The third kappa shape index (κ3) is 1.17. The van der Waals surface area contributed by atoms with Crippen molar-refractivity contribution in [2.75, 3.05) is 7.11 Å². The number of hydrogen-bond donors (Lipinski definition) is 2. The van der Waals surface area contributed by atoms with Crippen LogP contribution >= 0.6 is 0 Å². The smallest absolute Gasteiger partial charge is 0.0858 e. The van der Waals surface area contributed by atoms with Crippen molar-refractivity contribution in [3.8, 4) is 0 Å². The summed E-state index contributed by atoms with van der Waals surface area (Å²) in [6.07, 6.45) is 6.57. The van der Waals surface area contributed by atoms with Gasteiger partial charge in [-0.25, -0.2) is 0 Å². The minimum Gasteiger partial charge on any atom is -0.388 e. The van der Waals surface area contributed by atoms with Gasteiger partial charge >= 0.3 is 0 Å². The van der Waals surface area contributed by atoms with E-state index in [2.05, 4.69) is 0 Å². The molecule has 3 fully saturated rings. The summed E-state index contributed by atoms with van der Waals surface area (Å²) < 4.78 is 5.28. The first kappa shape index (κ1) is 10.1. The van der Waals surface area contributed by atoms with E-state index in [9.17, 15) is 5.11 Å². The molecule has 0 radical (unpaired) electrons. The highest BCUT2D eigenvalue weighted by Gasteiger charge is 2.63. The Labute approximate surface area is 91.0 Å². The lowest BCUT2D eigenvalue weighted by Crippen LogP contribution is -2.70. The average molecular weight is 211 g/mol. The highest BCUT2D eigenvalue weighted by Crippen LogP contribution is 2.58. The Kier molecular flexibility index (Phi) is 1.99. The van der Waals surface area contributed by atoms with Gasteiger partial charge in [-0.3, -0.25) is 0 Å². The van der Waals surface area contributed by atoms with E-state index in [0.29, 0.717) is 5.92 Å². The summed E-state index contributed by atoms with van der Waals surface area (Å²) in [5, 5.41) is 10.8. The SMILES string of the molecule is COC1CC(N)(C2(O)CC3CCC2C3)C1. The van der Waals surface area contributed by atoms with Gasteiger partial charge in [-0.1, -0.05) is 0 Å². The lowest BCUT2D eigenvalue weighted by molar-refractivity contribution is -0.151. The molecule has 86 valence electrons. The standard InChI is InChI=1S/C12H21NO2/c1-15-10-6-11(13,7-10)12(14)5-8-2-3-9(12)4-8/h8-10,14H,2-7,13H2,1H3. The molecule has 0 aliphatic heterocycles. The summed E-state index contributed by atoms with van der Waals surface area (Å²) in [7, 11) is 1.73. The number of ether oxygens (including phenoxy) is 1. The molecule has 0 aromatic heterocycles. The van der Waals surface area contributed by atoms with Crippen LogP contribution in [0.15, 0.2) is 0 Å². The van der Waals surface area contributed by atoms with E-state index in [1.807, 2.05) is 0 Å². The predicted octanol–water partition coefficient (Wildman–Crippen LogP) is 1.04. The van der Waals surface area contributed by atoms with Gasteiger partial charge in [0.2, 0.25) is 0 Å².